The summed E-state index contributed by atoms with van der Waals surface area (Å²) in [6, 6.07) is 5.45. The van der Waals surface area contributed by atoms with Gasteiger partial charge in [-0.3, -0.25) is 9.89 Å². The van der Waals surface area contributed by atoms with E-state index < -0.39 is 0 Å². The minimum Gasteiger partial charge on any atom is -0.355 e. The number of thiophene rings is 1. The first-order chi connectivity index (χ1) is 9.93. The molecule has 0 atom stereocenters. The molecule has 1 aromatic heterocycles. The maximum absolute atomic E-state index is 4.28. The SMILES string of the molecule is CN=C(NCCN(C(C)C)C(C)C)NCc1ccc(C)s1. The Balaban J connectivity index is 2.34. The van der Waals surface area contributed by atoms with Gasteiger partial charge in [-0.25, -0.2) is 0 Å². The zero-order valence-corrected chi connectivity index (χ0v) is 15.0. The lowest BCUT2D eigenvalue weighted by atomic mass is 10.2. The summed E-state index contributed by atoms with van der Waals surface area (Å²) in [5.74, 6) is 0.869. The molecule has 1 aromatic rings. The molecule has 0 unspecified atom stereocenters. The van der Waals surface area contributed by atoms with Gasteiger partial charge in [-0.15, -0.1) is 11.3 Å². The van der Waals surface area contributed by atoms with E-state index >= 15 is 0 Å². The molecule has 4 nitrogen and oxygen atoms in total. The topological polar surface area (TPSA) is 39.7 Å². The van der Waals surface area contributed by atoms with Crippen molar-refractivity contribution in [3.63, 3.8) is 0 Å². The van der Waals surface area contributed by atoms with E-state index in [2.05, 4.69) is 67.3 Å². The van der Waals surface area contributed by atoms with Crippen molar-refractivity contribution in [3.05, 3.63) is 21.9 Å². The third-order valence-electron chi connectivity index (χ3n) is 3.44. The predicted octanol–water partition coefficient (Wildman–Crippen LogP) is 2.84. The van der Waals surface area contributed by atoms with Crippen LogP contribution in [0.25, 0.3) is 0 Å². The molecule has 21 heavy (non-hydrogen) atoms. The smallest absolute Gasteiger partial charge is 0.191 e. The summed E-state index contributed by atoms with van der Waals surface area (Å²) in [6.45, 7) is 13.9. The Hall–Kier alpha value is -1.07. The molecule has 1 heterocycles. The molecule has 0 bridgehead atoms. The van der Waals surface area contributed by atoms with Gasteiger partial charge in [0, 0.05) is 42.0 Å². The number of aliphatic imine (C=N–C) groups is 1. The van der Waals surface area contributed by atoms with E-state index in [0.717, 1.165) is 25.6 Å². The fourth-order valence-electron chi connectivity index (χ4n) is 2.39. The lowest BCUT2D eigenvalue weighted by molar-refractivity contribution is 0.178. The lowest BCUT2D eigenvalue weighted by Gasteiger charge is -2.30. The lowest BCUT2D eigenvalue weighted by Crippen LogP contribution is -2.45. The number of hydrogen-bond donors (Lipinski definition) is 2. The van der Waals surface area contributed by atoms with E-state index in [9.17, 15) is 0 Å². The Kier molecular flexibility index (Phi) is 7.75. The number of guanidine groups is 1. The summed E-state index contributed by atoms with van der Waals surface area (Å²) >= 11 is 1.82. The number of aryl methyl sites for hydroxylation is 1. The maximum atomic E-state index is 4.28. The number of nitrogens with zero attached hydrogens (tertiary/aromatic N) is 2. The van der Waals surface area contributed by atoms with Crippen LogP contribution in [-0.2, 0) is 6.54 Å². The summed E-state index contributed by atoms with van der Waals surface area (Å²) in [5.41, 5.74) is 0. The van der Waals surface area contributed by atoms with Crippen LogP contribution in [0.4, 0.5) is 0 Å². The maximum Gasteiger partial charge on any atom is 0.191 e. The molecule has 0 saturated carbocycles. The zero-order valence-electron chi connectivity index (χ0n) is 14.2. The average molecular weight is 311 g/mol. The quantitative estimate of drug-likeness (QED) is 0.601. The summed E-state index contributed by atoms with van der Waals surface area (Å²) in [4.78, 5) is 9.43. The van der Waals surface area contributed by atoms with Crippen LogP contribution in [0.3, 0.4) is 0 Å². The number of rotatable bonds is 7. The van der Waals surface area contributed by atoms with Crippen LogP contribution in [0.1, 0.15) is 37.4 Å². The third-order valence-corrected chi connectivity index (χ3v) is 4.44. The molecule has 0 radical (unpaired) electrons. The molecular weight excluding hydrogens is 280 g/mol. The molecule has 0 aliphatic rings. The molecule has 120 valence electrons. The minimum atomic E-state index is 0.566. The van der Waals surface area contributed by atoms with Gasteiger partial charge in [-0.2, -0.15) is 0 Å². The van der Waals surface area contributed by atoms with Gasteiger partial charge in [-0.1, -0.05) is 0 Å². The molecular formula is C16H30N4S. The van der Waals surface area contributed by atoms with Gasteiger partial charge in [0.25, 0.3) is 0 Å². The van der Waals surface area contributed by atoms with Crippen LogP contribution >= 0.6 is 11.3 Å². The summed E-state index contributed by atoms with van der Waals surface area (Å²) in [7, 11) is 1.82. The second kappa shape index (κ2) is 9.05. The third kappa shape index (κ3) is 6.48. The molecule has 0 amide bonds. The minimum absolute atomic E-state index is 0.566. The molecule has 5 heteroatoms. The summed E-state index contributed by atoms with van der Waals surface area (Å²) < 4.78 is 0. The van der Waals surface area contributed by atoms with Gasteiger partial charge in [0.2, 0.25) is 0 Å². The van der Waals surface area contributed by atoms with Crippen molar-refractivity contribution in [3.8, 4) is 0 Å². The van der Waals surface area contributed by atoms with Gasteiger partial charge < -0.3 is 10.6 Å². The van der Waals surface area contributed by atoms with Crippen molar-refractivity contribution in [1.29, 1.82) is 0 Å². The van der Waals surface area contributed by atoms with E-state index in [-0.39, 0.29) is 0 Å². The van der Waals surface area contributed by atoms with Gasteiger partial charge in [0.1, 0.15) is 0 Å². The van der Waals surface area contributed by atoms with Gasteiger partial charge in [0.15, 0.2) is 5.96 Å². The standard InChI is InChI=1S/C16H30N4S/c1-12(2)20(13(3)4)10-9-18-16(17-6)19-11-15-8-7-14(5)21-15/h7-8,12-13H,9-11H2,1-6H3,(H2,17,18,19). The van der Waals surface area contributed by atoms with Crippen molar-refractivity contribution >= 4 is 17.3 Å². The highest BCUT2D eigenvalue weighted by Gasteiger charge is 2.12. The Labute approximate surface area is 133 Å². The Morgan fingerprint density at radius 2 is 1.86 bits per heavy atom. The van der Waals surface area contributed by atoms with Crippen LogP contribution in [0.5, 0.6) is 0 Å². The van der Waals surface area contributed by atoms with Crippen molar-refractivity contribution in [1.82, 2.24) is 15.5 Å². The second-order valence-electron chi connectivity index (χ2n) is 5.79. The van der Waals surface area contributed by atoms with Crippen LogP contribution < -0.4 is 10.6 Å². The molecule has 0 fully saturated rings. The Bertz CT molecular complexity index is 429. The Morgan fingerprint density at radius 3 is 2.33 bits per heavy atom. The second-order valence-corrected chi connectivity index (χ2v) is 7.16. The van der Waals surface area contributed by atoms with E-state index in [1.165, 1.54) is 9.75 Å². The molecule has 0 aromatic carbocycles. The highest BCUT2D eigenvalue weighted by Crippen LogP contribution is 2.14. The van der Waals surface area contributed by atoms with Crippen LogP contribution in [0, 0.1) is 6.92 Å². The highest BCUT2D eigenvalue weighted by atomic mass is 32.1. The first-order valence-corrected chi connectivity index (χ1v) is 8.51. The predicted molar refractivity (Wildman–Crippen MR) is 94.2 cm³/mol. The van der Waals surface area contributed by atoms with E-state index in [1.54, 1.807) is 0 Å². The molecule has 2 N–H and O–H groups in total. The van der Waals surface area contributed by atoms with E-state index in [1.807, 2.05) is 18.4 Å². The first-order valence-electron chi connectivity index (χ1n) is 7.69. The van der Waals surface area contributed by atoms with Crippen molar-refractivity contribution in [2.75, 3.05) is 20.1 Å². The summed E-state index contributed by atoms with van der Waals surface area (Å²) in [6.07, 6.45) is 0. The zero-order chi connectivity index (χ0) is 15.8. The average Bonchev–Trinajstić information content (AvgIpc) is 2.82. The van der Waals surface area contributed by atoms with Crippen molar-refractivity contribution < 1.29 is 0 Å². The van der Waals surface area contributed by atoms with Crippen LogP contribution in [0.15, 0.2) is 17.1 Å². The Morgan fingerprint density at radius 1 is 1.19 bits per heavy atom. The van der Waals surface area contributed by atoms with E-state index in [0.29, 0.717) is 12.1 Å². The van der Waals surface area contributed by atoms with Crippen molar-refractivity contribution in [2.45, 2.75) is 53.2 Å². The molecule has 0 aliphatic heterocycles. The molecule has 1 rings (SSSR count). The fourth-order valence-corrected chi connectivity index (χ4v) is 3.22. The van der Waals surface area contributed by atoms with Gasteiger partial charge >= 0.3 is 0 Å². The van der Waals surface area contributed by atoms with Gasteiger partial charge in [-0.05, 0) is 46.8 Å². The van der Waals surface area contributed by atoms with E-state index in [4.69, 9.17) is 0 Å². The molecule has 0 saturated heterocycles. The summed E-state index contributed by atoms with van der Waals surface area (Å²) in [5, 5.41) is 6.75. The first kappa shape index (κ1) is 18.0. The van der Waals surface area contributed by atoms with Crippen LogP contribution in [-0.4, -0.2) is 43.1 Å². The normalized spacial score (nSPS) is 12.5. The molecule has 0 aliphatic carbocycles. The van der Waals surface area contributed by atoms with Crippen LogP contribution in [0.2, 0.25) is 0 Å². The highest BCUT2D eigenvalue weighted by molar-refractivity contribution is 7.11. The molecule has 0 spiro atoms. The van der Waals surface area contributed by atoms with Gasteiger partial charge in [0.05, 0.1) is 6.54 Å². The monoisotopic (exact) mass is 310 g/mol. The number of nitrogens with one attached hydrogen (secondary N) is 2. The largest absolute Gasteiger partial charge is 0.355 e. The van der Waals surface area contributed by atoms with Crippen molar-refractivity contribution in [2.24, 2.45) is 4.99 Å². The number of hydrogen-bond acceptors (Lipinski definition) is 3. The fraction of sp³-hybridized carbons (Fsp3) is 0.688.